The van der Waals surface area contributed by atoms with E-state index in [0.29, 0.717) is -0.382 Å². The molecule has 0 aromatic heterocycles. The first-order valence-electron chi connectivity index (χ1n) is 10.00. The Morgan fingerprint density at radius 3 is 1.20 bits per heavy atom. The monoisotopic (exact) mass is 479 g/mol. The molecule has 0 saturated carbocycles. The van der Waals surface area contributed by atoms with Crippen LogP contribution in [0.25, 0.3) is 0 Å². The summed E-state index contributed by atoms with van der Waals surface area (Å²) < 4.78 is 0.730. The molecule has 1 heteroatoms. The Labute approximate surface area is 181 Å². The van der Waals surface area contributed by atoms with Gasteiger partial charge in [-0.05, 0) is 0 Å². The zero-order valence-electron chi connectivity index (χ0n) is 18.2. The molecule has 0 aliphatic heterocycles. The number of hydrogen-bond acceptors (Lipinski definition) is 0. The topological polar surface area (TPSA) is 0 Å². The fraction of sp³-hybridized carbons (Fsp3) is 0.667. The van der Waals surface area contributed by atoms with Crippen molar-refractivity contribution in [3.05, 3.63) is 44.6 Å². The van der Waals surface area contributed by atoms with E-state index >= 15 is 0 Å². The van der Waals surface area contributed by atoms with Gasteiger partial charge in [-0.25, -0.2) is 0 Å². The van der Waals surface area contributed by atoms with E-state index in [1.807, 2.05) is 0 Å². The standard InChI is InChI=1S/2C12H19.Eu/c2*1-6-7-12-10(4)8(2)9(3)11(12)5;/h2*6-7H2,1-5H3;. The molecule has 2 rings (SSSR count). The van der Waals surface area contributed by atoms with Crippen molar-refractivity contribution in [2.45, 2.75) is 94.5 Å². The van der Waals surface area contributed by atoms with Crippen LogP contribution in [0.15, 0.2) is 44.6 Å². The molecule has 0 amide bonds. The average Bonchev–Trinajstić information content (AvgIpc) is 2.82. The van der Waals surface area contributed by atoms with Crippen LogP contribution in [-0.4, -0.2) is 0 Å². The van der Waals surface area contributed by atoms with Crippen LogP contribution in [-0.2, 0) is 0 Å². The van der Waals surface area contributed by atoms with E-state index in [1.165, 1.54) is 25.7 Å². The third-order valence-corrected chi connectivity index (χ3v) is 12.8. The van der Waals surface area contributed by atoms with Crippen LogP contribution in [0.2, 0.25) is -0.382 Å². The van der Waals surface area contributed by atoms with Crippen molar-refractivity contribution in [1.82, 2.24) is 0 Å². The minimum absolute atomic E-state index is 0.365. The van der Waals surface area contributed by atoms with Crippen LogP contribution in [0.4, 0.5) is 0 Å². The van der Waals surface area contributed by atoms with Gasteiger partial charge in [-0.3, -0.25) is 0 Å². The normalized spacial score (nSPS) is 30.5. The zero-order valence-corrected chi connectivity index (χ0v) is 20.6. The fourth-order valence-electron chi connectivity index (χ4n) is 4.85. The van der Waals surface area contributed by atoms with Gasteiger partial charge >= 0.3 is 184 Å². The van der Waals surface area contributed by atoms with Crippen LogP contribution >= 0.6 is 0 Å². The van der Waals surface area contributed by atoms with Crippen molar-refractivity contribution in [2.75, 3.05) is 0 Å². The summed E-state index contributed by atoms with van der Waals surface area (Å²) in [5.41, 5.74) is 13.3. The molecular weight excluding hydrogens is 440 g/mol. The van der Waals surface area contributed by atoms with E-state index in [4.69, 9.17) is 0 Å². The molecule has 141 valence electrons. The Bertz CT molecular complexity index is 638. The van der Waals surface area contributed by atoms with Crippen LogP contribution in [0.3, 0.4) is 0 Å². The molecule has 0 spiro atoms. The van der Waals surface area contributed by atoms with Gasteiger partial charge in [0.1, 0.15) is 0 Å². The molecule has 0 N–H and O–H groups in total. The van der Waals surface area contributed by atoms with Gasteiger partial charge in [-0.15, -0.1) is 0 Å². The molecule has 0 aromatic rings. The Balaban J connectivity index is 2.56. The van der Waals surface area contributed by atoms with Crippen molar-refractivity contribution in [3.8, 4) is 0 Å². The Kier molecular flexibility index (Phi) is 6.89. The summed E-state index contributed by atoms with van der Waals surface area (Å²) in [6.45, 7) is 24.2. The molecule has 2 atom stereocenters. The fourth-order valence-corrected chi connectivity index (χ4v) is 11.3. The SMILES string of the molecule is CCCC1=C(C)C(C)=C(C)[C]1(C)[Eu][C]1(C)C(C)=C(C)C(C)=C1CCC. The van der Waals surface area contributed by atoms with Crippen molar-refractivity contribution in [2.24, 2.45) is 0 Å². The predicted octanol–water partition coefficient (Wildman–Crippen LogP) is 8.36. The molecule has 0 fully saturated rings. The van der Waals surface area contributed by atoms with E-state index in [-0.39, 0.29) is 0 Å². The second-order valence-corrected chi connectivity index (χ2v) is 13.8. The molecule has 0 heterocycles. The van der Waals surface area contributed by atoms with Gasteiger partial charge in [0.25, 0.3) is 0 Å². The predicted molar refractivity (Wildman–Crippen MR) is 109 cm³/mol. The summed E-state index contributed by atoms with van der Waals surface area (Å²) >= 11 is -0.582. The molecule has 0 saturated heterocycles. The molecule has 0 bridgehead atoms. The van der Waals surface area contributed by atoms with Gasteiger partial charge in [-0.2, -0.15) is 0 Å². The van der Waals surface area contributed by atoms with Crippen LogP contribution < -0.4 is 0 Å². The summed E-state index contributed by atoms with van der Waals surface area (Å²) in [6.07, 6.45) is 5.08. The van der Waals surface area contributed by atoms with Gasteiger partial charge in [0, 0.05) is 0 Å². The molecule has 25 heavy (non-hydrogen) atoms. The second-order valence-electron chi connectivity index (χ2n) is 8.31. The zero-order chi connectivity index (χ0) is 19.2. The first-order valence-corrected chi connectivity index (χ1v) is 12.4. The quantitative estimate of drug-likeness (QED) is 0.360. The third kappa shape index (κ3) is 3.40. The first-order chi connectivity index (χ1) is 11.6. The van der Waals surface area contributed by atoms with Crippen LogP contribution in [0.1, 0.15) is 94.9 Å². The Morgan fingerprint density at radius 1 is 0.600 bits per heavy atom. The van der Waals surface area contributed by atoms with Crippen molar-refractivity contribution >= 4 is 0 Å². The van der Waals surface area contributed by atoms with Gasteiger partial charge < -0.3 is 0 Å². The number of hydrogen-bond donors (Lipinski definition) is 0. The maximum absolute atomic E-state index is 2.59. The van der Waals surface area contributed by atoms with Crippen molar-refractivity contribution < 1.29 is 44.6 Å². The molecule has 2 unspecified atom stereocenters. The van der Waals surface area contributed by atoms with Crippen molar-refractivity contribution in [3.63, 3.8) is 0 Å². The first kappa shape index (κ1) is 21.8. The van der Waals surface area contributed by atoms with Crippen LogP contribution in [0, 0.1) is 44.6 Å². The molecule has 0 aromatic carbocycles. The Morgan fingerprint density at radius 2 is 0.920 bits per heavy atom. The van der Waals surface area contributed by atoms with Gasteiger partial charge in [0.2, 0.25) is 0 Å². The summed E-state index contributed by atoms with van der Waals surface area (Å²) in [5.74, 6) is 0. The van der Waals surface area contributed by atoms with E-state index < -0.39 is 44.6 Å². The average molecular weight is 479 g/mol. The summed E-state index contributed by atoms with van der Waals surface area (Å²) in [5, 5.41) is 0. The van der Waals surface area contributed by atoms with Crippen LogP contribution in [0.5, 0.6) is 0 Å². The molecule has 0 radical (unpaired) electrons. The molecule has 2 aliphatic carbocycles. The van der Waals surface area contributed by atoms with Gasteiger partial charge in [0.05, 0.1) is 0 Å². The third-order valence-electron chi connectivity index (χ3n) is 7.08. The van der Waals surface area contributed by atoms with Crippen molar-refractivity contribution in [1.29, 1.82) is 0 Å². The Hall–Kier alpha value is 0.544. The maximum atomic E-state index is 2.59. The summed E-state index contributed by atoms with van der Waals surface area (Å²) in [6, 6.07) is 0. The second kappa shape index (κ2) is 7.88. The summed E-state index contributed by atoms with van der Waals surface area (Å²) in [7, 11) is 0. The van der Waals surface area contributed by atoms with E-state index in [2.05, 4.69) is 69.2 Å². The van der Waals surface area contributed by atoms with E-state index in [1.54, 1.807) is 44.6 Å². The molecular formula is C24H38Eu. The number of rotatable bonds is 6. The van der Waals surface area contributed by atoms with E-state index in [9.17, 15) is 0 Å². The van der Waals surface area contributed by atoms with E-state index in [0.717, 1.165) is 0 Å². The van der Waals surface area contributed by atoms with Gasteiger partial charge in [0.15, 0.2) is 0 Å². The molecule has 0 nitrogen and oxygen atoms in total. The van der Waals surface area contributed by atoms with Gasteiger partial charge in [-0.1, -0.05) is 0 Å². The summed E-state index contributed by atoms with van der Waals surface area (Å²) in [4.78, 5) is 0. The molecule has 2 aliphatic rings. The minimum atomic E-state index is -0.582. The number of allylic oxidation sites excluding steroid dienone is 8.